The van der Waals surface area contributed by atoms with Crippen LogP contribution >= 0.6 is 15.9 Å². The molecule has 18 heavy (non-hydrogen) atoms. The Bertz CT molecular complexity index is 327. The van der Waals surface area contributed by atoms with Gasteiger partial charge in [-0.25, -0.2) is 4.98 Å². The molecule has 4 nitrogen and oxygen atoms in total. The molecule has 0 aliphatic carbocycles. The van der Waals surface area contributed by atoms with Crippen molar-refractivity contribution in [1.82, 2.24) is 4.98 Å². The minimum atomic E-state index is 0.700. The summed E-state index contributed by atoms with van der Waals surface area (Å²) in [7, 11) is 0. The molecule has 0 amide bonds. The van der Waals surface area contributed by atoms with Gasteiger partial charge in [-0.1, -0.05) is 0 Å². The lowest BCUT2D eigenvalue weighted by Gasteiger charge is -2.24. The fourth-order valence-electron chi connectivity index (χ4n) is 1.57. The molecular formula is C13H21BrN2O2. The summed E-state index contributed by atoms with van der Waals surface area (Å²) in [4.78, 5) is 6.58. The largest absolute Gasteiger partial charge is 0.380 e. The SMILES string of the molecule is CCOCCN(CCOCC)c1ncccc1Br. The van der Waals surface area contributed by atoms with E-state index in [9.17, 15) is 0 Å². The van der Waals surface area contributed by atoms with Crippen molar-refractivity contribution in [2.75, 3.05) is 44.4 Å². The molecule has 102 valence electrons. The van der Waals surface area contributed by atoms with E-state index in [2.05, 4.69) is 25.8 Å². The molecular weight excluding hydrogens is 296 g/mol. The van der Waals surface area contributed by atoms with Gasteiger partial charge in [0.25, 0.3) is 0 Å². The predicted molar refractivity (Wildman–Crippen MR) is 77.1 cm³/mol. The molecule has 0 spiro atoms. The first-order chi connectivity index (χ1) is 8.79. The topological polar surface area (TPSA) is 34.6 Å². The maximum atomic E-state index is 5.41. The minimum Gasteiger partial charge on any atom is -0.380 e. The maximum absolute atomic E-state index is 5.41. The molecule has 1 aromatic rings. The molecule has 1 aromatic heterocycles. The molecule has 1 heterocycles. The van der Waals surface area contributed by atoms with E-state index in [1.165, 1.54) is 0 Å². The number of hydrogen-bond donors (Lipinski definition) is 0. The summed E-state index contributed by atoms with van der Waals surface area (Å²) in [6.07, 6.45) is 1.80. The van der Waals surface area contributed by atoms with Crippen molar-refractivity contribution in [2.24, 2.45) is 0 Å². The van der Waals surface area contributed by atoms with Gasteiger partial charge in [-0.15, -0.1) is 0 Å². The van der Waals surface area contributed by atoms with Crippen molar-refractivity contribution in [3.8, 4) is 0 Å². The van der Waals surface area contributed by atoms with E-state index in [-0.39, 0.29) is 0 Å². The molecule has 0 radical (unpaired) electrons. The summed E-state index contributed by atoms with van der Waals surface area (Å²) < 4.78 is 11.8. The van der Waals surface area contributed by atoms with E-state index in [1.54, 1.807) is 6.20 Å². The maximum Gasteiger partial charge on any atom is 0.143 e. The predicted octanol–water partition coefficient (Wildman–Crippen LogP) is 2.72. The summed E-state index contributed by atoms with van der Waals surface area (Å²) >= 11 is 3.53. The van der Waals surface area contributed by atoms with Crippen molar-refractivity contribution >= 4 is 21.7 Å². The summed E-state index contributed by atoms with van der Waals surface area (Å²) in [5, 5.41) is 0. The average molecular weight is 317 g/mol. The molecule has 1 rings (SSSR count). The third kappa shape index (κ3) is 5.33. The van der Waals surface area contributed by atoms with Crippen LogP contribution in [0.25, 0.3) is 0 Å². The van der Waals surface area contributed by atoms with Gasteiger partial charge in [-0.05, 0) is 41.9 Å². The van der Waals surface area contributed by atoms with Crippen LogP contribution in [0.3, 0.4) is 0 Å². The molecule has 0 atom stereocenters. The van der Waals surface area contributed by atoms with E-state index in [4.69, 9.17) is 9.47 Å². The molecule has 0 fully saturated rings. The number of hydrogen-bond acceptors (Lipinski definition) is 4. The Morgan fingerprint density at radius 1 is 1.17 bits per heavy atom. The van der Waals surface area contributed by atoms with Crippen LogP contribution in [0.5, 0.6) is 0 Å². The van der Waals surface area contributed by atoms with Crippen LogP contribution in [0.15, 0.2) is 22.8 Å². The first-order valence-corrected chi connectivity index (χ1v) is 7.09. The van der Waals surface area contributed by atoms with Crippen LogP contribution in [-0.2, 0) is 9.47 Å². The Morgan fingerprint density at radius 2 is 1.78 bits per heavy atom. The Kier molecular flexibility index (Phi) is 7.96. The van der Waals surface area contributed by atoms with Gasteiger partial charge in [-0.3, -0.25) is 0 Å². The fourth-order valence-corrected chi connectivity index (χ4v) is 2.08. The van der Waals surface area contributed by atoms with Gasteiger partial charge in [-0.2, -0.15) is 0 Å². The van der Waals surface area contributed by atoms with Crippen LogP contribution in [-0.4, -0.2) is 44.5 Å². The van der Waals surface area contributed by atoms with Crippen LogP contribution < -0.4 is 4.90 Å². The normalized spacial score (nSPS) is 10.6. The van der Waals surface area contributed by atoms with E-state index < -0.39 is 0 Å². The number of pyridine rings is 1. The van der Waals surface area contributed by atoms with E-state index in [1.807, 2.05) is 26.0 Å². The highest BCUT2D eigenvalue weighted by molar-refractivity contribution is 9.10. The van der Waals surface area contributed by atoms with Gasteiger partial charge in [0.1, 0.15) is 5.82 Å². The third-order valence-corrected chi connectivity index (χ3v) is 3.08. The highest BCUT2D eigenvalue weighted by Gasteiger charge is 2.10. The molecule has 0 aliphatic heterocycles. The zero-order valence-corrected chi connectivity index (χ0v) is 12.6. The van der Waals surface area contributed by atoms with Gasteiger partial charge in [0.15, 0.2) is 0 Å². The second kappa shape index (κ2) is 9.30. The molecule has 0 aliphatic rings. The Balaban J connectivity index is 2.60. The van der Waals surface area contributed by atoms with E-state index in [0.29, 0.717) is 13.2 Å². The molecule has 0 saturated carbocycles. The van der Waals surface area contributed by atoms with Crippen molar-refractivity contribution in [3.05, 3.63) is 22.8 Å². The monoisotopic (exact) mass is 316 g/mol. The second-order valence-electron chi connectivity index (χ2n) is 3.69. The zero-order valence-electron chi connectivity index (χ0n) is 11.1. The summed E-state index contributed by atoms with van der Waals surface area (Å²) in [5.74, 6) is 0.942. The quantitative estimate of drug-likeness (QED) is 0.656. The summed E-state index contributed by atoms with van der Waals surface area (Å²) in [5.41, 5.74) is 0. The van der Waals surface area contributed by atoms with Crippen LogP contribution in [0, 0.1) is 0 Å². The van der Waals surface area contributed by atoms with Gasteiger partial charge in [0.2, 0.25) is 0 Å². The first-order valence-electron chi connectivity index (χ1n) is 6.30. The molecule has 0 unspecified atom stereocenters. The number of halogens is 1. The molecule has 0 saturated heterocycles. The molecule has 0 bridgehead atoms. The number of rotatable bonds is 9. The lowest BCUT2D eigenvalue weighted by atomic mass is 10.4. The van der Waals surface area contributed by atoms with Crippen LogP contribution in [0.1, 0.15) is 13.8 Å². The van der Waals surface area contributed by atoms with Gasteiger partial charge >= 0.3 is 0 Å². The lowest BCUT2D eigenvalue weighted by molar-refractivity contribution is 0.141. The highest BCUT2D eigenvalue weighted by atomic mass is 79.9. The van der Waals surface area contributed by atoms with Crippen molar-refractivity contribution in [2.45, 2.75) is 13.8 Å². The van der Waals surface area contributed by atoms with Crippen molar-refractivity contribution in [3.63, 3.8) is 0 Å². The van der Waals surface area contributed by atoms with E-state index in [0.717, 1.165) is 36.6 Å². The van der Waals surface area contributed by atoms with Gasteiger partial charge < -0.3 is 14.4 Å². The number of anilines is 1. The standard InChI is InChI=1S/C13H21BrN2O2/c1-3-17-10-8-16(9-11-18-4-2)13-12(14)6-5-7-15-13/h5-7H,3-4,8-11H2,1-2H3. The Morgan fingerprint density at radius 3 is 2.28 bits per heavy atom. The summed E-state index contributed by atoms with van der Waals surface area (Å²) in [6, 6.07) is 3.91. The molecule has 0 aromatic carbocycles. The Hall–Kier alpha value is -0.650. The highest BCUT2D eigenvalue weighted by Crippen LogP contribution is 2.22. The van der Waals surface area contributed by atoms with Gasteiger partial charge in [0, 0.05) is 32.5 Å². The second-order valence-corrected chi connectivity index (χ2v) is 4.54. The van der Waals surface area contributed by atoms with Crippen LogP contribution in [0.4, 0.5) is 5.82 Å². The van der Waals surface area contributed by atoms with Crippen molar-refractivity contribution in [1.29, 1.82) is 0 Å². The smallest absolute Gasteiger partial charge is 0.143 e. The van der Waals surface area contributed by atoms with Crippen molar-refractivity contribution < 1.29 is 9.47 Å². The average Bonchev–Trinajstić information content (AvgIpc) is 2.38. The minimum absolute atomic E-state index is 0.700. The molecule has 5 heteroatoms. The number of aromatic nitrogens is 1. The third-order valence-electron chi connectivity index (χ3n) is 2.46. The molecule has 0 N–H and O–H groups in total. The van der Waals surface area contributed by atoms with Crippen LogP contribution in [0.2, 0.25) is 0 Å². The fraction of sp³-hybridized carbons (Fsp3) is 0.615. The number of nitrogens with zero attached hydrogens (tertiary/aromatic N) is 2. The zero-order chi connectivity index (χ0) is 13.2. The van der Waals surface area contributed by atoms with E-state index >= 15 is 0 Å². The number of ether oxygens (including phenoxy) is 2. The lowest BCUT2D eigenvalue weighted by Crippen LogP contribution is -2.32. The van der Waals surface area contributed by atoms with Gasteiger partial charge in [0.05, 0.1) is 17.7 Å². The summed E-state index contributed by atoms with van der Waals surface area (Å²) in [6.45, 7) is 8.51. The Labute approximate surface area is 117 Å². The first kappa shape index (κ1) is 15.4.